The van der Waals surface area contributed by atoms with Gasteiger partial charge in [-0.2, -0.15) is 0 Å². The van der Waals surface area contributed by atoms with Crippen LogP contribution in [0.2, 0.25) is 0 Å². The highest BCUT2D eigenvalue weighted by atomic mass is 16.5. The van der Waals surface area contributed by atoms with Gasteiger partial charge >= 0.3 is 5.97 Å². The number of fused-ring (bicyclic) bond motifs is 5. The van der Waals surface area contributed by atoms with Crippen LogP contribution in [0.5, 0.6) is 0 Å². The SMILES string of the molecule is CCOC(=O)C1CCCN(c2ccc3c(c2)nc2n3C(CCCN=C(N)N)C(=O)Nc3ccc(NC4CC4)cc3-2)C1. The Balaban J connectivity index is 1.39. The van der Waals surface area contributed by atoms with E-state index in [9.17, 15) is 9.59 Å². The van der Waals surface area contributed by atoms with E-state index < -0.39 is 6.04 Å². The summed E-state index contributed by atoms with van der Waals surface area (Å²) in [7, 11) is 0. The third kappa shape index (κ3) is 5.66. The molecule has 41 heavy (non-hydrogen) atoms. The van der Waals surface area contributed by atoms with Gasteiger partial charge in [0, 0.05) is 42.6 Å². The average Bonchev–Trinajstić information content (AvgIpc) is 3.72. The first-order valence-corrected chi connectivity index (χ1v) is 14.6. The number of piperidine rings is 1. The van der Waals surface area contributed by atoms with E-state index in [0.717, 1.165) is 58.9 Å². The van der Waals surface area contributed by atoms with Gasteiger partial charge in [0.15, 0.2) is 5.96 Å². The molecule has 1 aromatic heterocycles. The number of carbonyl (C=O) groups excluding carboxylic acids is 2. The van der Waals surface area contributed by atoms with Crippen LogP contribution < -0.4 is 27.0 Å². The number of hydrogen-bond donors (Lipinski definition) is 4. The standard InChI is InChI=1S/C30H38N8O3/c1-2-41-29(40)18-5-4-14-37(17-18)21-10-12-25-24(16-21)35-27-22-15-20(34-19-7-8-19)9-11-23(22)36-28(39)26(38(25)27)6-3-13-33-30(31)32/h9-12,15-16,18-19,26,34H,2-8,13-14,17H2,1H3,(H,36,39)(H4,31,32,33). The van der Waals surface area contributed by atoms with Crippen molar-refractivity contribution >= 4 is 45.9 Å². The van der Waals surface area contributed by atoms with Crippen molar-refractivity contribution in [2.75, 3.05) is 41.8 Å². The molecule has 2 fully saturated rings. The van der Waals surface area contributed by atoms with Gasteiger partial charge in [-0.25, -0.2) is 4.98 Å². The molecule has 2 aliphatic heterocycles. The predicted octanol–water partition coefficient (Wildman–Crippen LogP) is 3.60. The fourth-order valence-electron chi connectivity index (χ4n) is 5.93. The molecule has 6 N–H and O–H groups in total. The highest BCUT2D eigenvalue weighted by molar-refractivity contribution is 6.02. The molecule has 3 aromatic rings. The number of benzene rings is 2. The second-order valence-electron chi connectivity index (χ2n) is 11.1. The van der Waals surface area contributed by atoms with Crippen molar-refractivity contribution in [3.63, 3.8) is 0 Å². The molecule has 1 saturated heterocycles. The van der Waals surface area contributed by atoms with Crippen molar-refractivity contribution in [2.45, 2.75) is 57.5 Å². The van der Waals surface area contributed by atoms with Gasteiger partial charge in [0.05, 0.1) is 29.2 Å². The number of ether oxygens (including phenoxy) is 1. The van der Waals surface area contributed by atoms with E-state index in [1.807, 2.05) is 25.1 Å². The van der Waals surface area contributed by atoms with Gasteiger partial charge < -0.3 is 36.3 Å². The minimum Gasteiger partial charge on any atom is -0.466 e. The van der Waals surface area contributed by atoms with Gasteiger partial charge in [-0.3, -0.25) is 14.6 Å². The van der Waals surface area contributed by atoms with Crippen molar-refractivity contribution in [3.05, 3.63) is 36.4 Å². The zero-order valence-electron chi connectivity index (χ0n) is 23.4. The molecule has 11 nitrogen and oxygen atoms in total. The third-order valence-corrected chi connectivity index (χ3v) is 8.09. The summed E-state index contributed by atoms with van der Waals surface area (Å²) < 4.78 is 7.37. The minimum atomic E-state index is -0.481. The van der Waals surface area contributed by atoms with E-state index in [0.29, 0.717) is 38.6 Å². The van der Waals surface area contributed by atoms with Crippen LogP contribution in [0.15, 0.2) is 41.4 Å². The molecule has 2 unspecified atom stereocenters. The van der Waals surface area contributed by atoms with E-state index in [2.05, 4.69) is 43.3 Å². The Morgan fingerprint density at radius 3 is 2.83 bits per heavy atom. The molecule has 3 heterocycles. The lowest BCUT2D eigenvalue weighted by molar-refractivity contribution is -0.148. The Hall–Kier alpha value is -4.28. The van der Waals surface area contributed by atoms with Crippen LogP contribution in [0.4, 0.5) is 17.1 Å². The van der Waals surface area contributed by atoms with Gasteiger partial charge in [0.25, 0.3) is 0 Å². The summed E-state index contributed by atoms with van der Waals surface area (Å²) >= 11 is 0. The number of aromatic nitrogens is 2. The number of aliphatic imine (C=N–C) groups is 1. The molecule has 3 aliphatic rings. The summed E-state index contributed by atoms with van der Waals surface area (Å²) in [6.07, 6.45) is 5.28. The fourth-order valence-corrected chi connectivity index (χ4v) is 5.93. The first kappa shape index (κ1) is 26.9. The van der Waals surface area contributed by atoms with E-state index in [1.165, 1.54) is 12.8 Å². The van der Waals surface area contributed by atoms with Crippen LogP contribution in [0.25, 0.3) is 22.4 Å². The number of anilines is 3. The lowest BCUT2D eigenvalue weighted by Crippen LogP contribution is -2.39. The largest absolute Gasteiger partial charge is 0.466 e. The number of rotatable bonds is 9. The van der Waals surface area contributed by atoms with Crippen LogP contribution in [-0.4, -0.2) is 59.7 Å². The second kappa shape index (κ2) is 11.3. The van der Waals surface area contributed by atoms with Gasteiger partial charge in [-0.05, 0) is 81.8 Å². The summed E-state index contributed by atoms with van der Waals surface area (Å²) in [5.41, 5.74) is 16.4. The second-order valence-corrected chi connectivity index (χ2v) is 11.1. The summed E-state index contributed by atoms with van der Waals surface area (Å²) in [4.78, 5) is 37.6. The van der Waals surface area contributed by atoms with E-state index in [4.69, 9.17) is 21.2 Å². The first-order chi connectivity index (χ1) is 19.9. The van der Waals surface area contributed by atoms with Crippen LogP contribution >= 0.6 is 0 Å². The first-order valence-electron chi connectivity index (χ1n) is 14.6. The van der Waals surface area contributed by atoms with Gasteiger partial charge in [-0.1, -0.05) is 0 Å². The highest BCUT2D eigenvalue weighted by Gasteiger charge is 2.32. The van der Waals surface area contributed by atoms with Crippen LogP contribution in [-0.2, 0) is 14.3 Å². The molecule has 1 saturated carbocycles. The van der Waals surface area contributed by atoms with Crippen molar-refractivity contribution in [1.29, 1.82) is 0 Å². The van der Waals surface area contributed by atoms with Gasteiger partial charge in [0.1, 0.15) is 11.9 Å². The summed E-state index contributed by atoms with van der Waals surface area (Å²) in [6, 6.07) is 12.3. The number of carbonyl (C=O) groups is 2. The number of amides is 1. The Morgan fingerprint density at radius 1 is 1.20 bits per heavy atom. The van der Waals surface area contributed by atoms with Crippen LogP contribution in [0.3, 0.4) is 0 Å². The number of nitrogens with two attached hydrogens (primary N) is 2. The molecule has 0 radical (unpaired) electrons. The van der Waals surface area contributed by atoms with Crippen LogP contribution in [0, 0.1) is 5.92 Å². The highest BCUT2D eigenvalue weighted by Crippen LogP contribution is 2.40. The maximum Gasteiger partial charge on any atom is 0.310 e. The topological polar surface area (TPSA) is 153 Å². The third-order valence-electron chi connectivity index (χ3n) is 8.09. The monoisotopic (exact) mass is 558 g/mol. The van der Waals surface area contributed by atoms with Gasteiger partial charge in [-0.15, -0.1) is 0 Å². The number of nitrogens with one attached hydrogen (secondary N) is 2. The fraction of sp³-hybridized carbons (Fsp3) is 0.467. The molecule has 6 rings (SSSR count). The Labute approximate surface area is 239 Å². The Morgan fingerprint density at radius 2 is 2.05 bits per heavy atom. The smallest absolute Gasteiger partial charge is 0.310 e. The molecule has 1 amide bonds. The van der Waals surface area contributed by atoms with Crippen LogP contribution in [0.1, 0.15) is 51.5 Å². The normalized spacial score (nSPS) is 20.0. The average molecular weight is 559 g/mol. The van der Waals surface area contributed by atoms with E-state index >= 15 is 0 Å². The number of imidazole rings is 1. The zero-order valence-corrected chi connectivity index (χ0v) is 23.4. The number of guanidine groups is 1. The lowest BCUT2D eigenvalue weighted by atomic mass is 9.97. The summed E-state index contributed by atoms with van der Waals surface area (Å²) in [5.74, 6) is 0.436. The van der Waals surface area contributed by atoms with E-state index in [-0.39, 0.29) is 23.8 Å². The number of esters is 1. The summed E-state index contributed by atoms with van der Waals surface area (Å²) in [6.45, 7) is 4.15. The molecular weight excluding hydrogens is 520 g/mol. The summed E-state index contributed by atoms with van der Waals surface area (Å²) in [5, 5.41) is 6.71. The molecule has 11 heteroatoms. The minimum absolute atomic E-state index is 0.0441. The molecule has 216 valence electrons. The molecular formula is C30H38N8O3. The van der Waals surface area contributed by atoms with E-state index in [1.54, 1.807) is 0 Å². The predicted molar refractivity (Wildman–Crippen MR) is 161 cm³/mol. The maximum atomic E-state index is 13.6. The Kier molecular flexibility index (Phi) is 7.42. The Bertz CT molecular complexity index is 1490. The van der Waals surface area contributed by atoms with Gasteiger partial charge in [0.2, 0.25) is 5.91 Å². The number of nitrogens with zero attached hydrogens (tertiary/aromatic N) is 4. The van der Waals surface area contributed by atoms with Crippen molar-refractivity contribution in [2.24, 2.45) is 22.4 Å². The zero-order chi connectivity index (χ0) is 28.5. The lowest BCUT2D eigenvalue weighted by Gasteiger charge is -2.33. The molecule has 0 spiro atoms. The van der Waals surface area contributed by atoms with Crippen molar-refractivity contribution in [3.8, 4) is 11.4 Å². The van der Waals surface area contributed by atoms with Crippen molar-refractivity contribution in [1.82, 2.24) is 9.55 Å². The molecule has 2 atom stereocenters. The molecule has 1 aliphatic carbocycles. The number of hydrogen-bond acceptors (Lipinski definition) is 7. The quantitative estimate of drug-likeness (QED) is 0.135. The molecule has 0 bridgehead atoms. The molecule has 2 aromatic carbocycles. The maximum absolute atomic E-state index is 13.6. The van der Waals surface area contributed by atoms with Crippen molar-refractivity contribution < 1.29 is 14.3 Å².